The predicted molar refractivity (Wildman–Crippen MR) is 171 cm³/mol. The summed E-state index contributed by atoms with van der Waals surface area (Å²) >= 11 is 0. The van der Waals surface area contributed by atoms with Crippen LogP contribution in [0.4, 0.5) is 0 Å². The van der Waals surface area contributed by atoms with Crippen molar-refractivity contribution in [2.24, 2.45) is 11.8 Å². The van der Waals surface area contributed by atoms with E-state index in [4.69, 9.17) is 0 Å². The van der Waals surface area contributed by atoms with E-state index in [1.165, 1.54) is 36.4 Å². The zero-order valence-corrected chi connectivity index (χ0v) is 25.9. The van der Waals surface area contributed by atoms with Gasteiger partial charge in [-0.25, -0.2) is 0 Å². The molecular formula is C39H32O7. The molecule has 7 heteroatoms. The smallest absolute Gasteiger partial charge is 0.193 e. The van der Waals surface area contributed by atoms with Gasteiger partial charge in [0.05, 0.1) is 6.10 Å². The Morgan fingerprint density at radius 3 is 1.57 bits per heavy atom. The third-order valence-electron chi connectivity index (χ3n) is 9.46. The first-order valence-electron chi connectivity index (χ1n) is 15.2. The van der Waals surface area contributed by atoms with Crippen LogP contribution in [0.5, 0.6) is 0 Å². The number of benzene rings is 4. The highest BCUT2D eigenvalue weighted by atomic mass is 16.3. The fourth-order valence-electron chi connectivity index (χ4n) is 6.45. The zero-order valence-electron chi connectivity index (χ0n) is 25.9. The number of aliphatic hydroxyl groups excluding tert-OH is 1. The molecule has 5 unspecified atom stereocenters. The van der Waals surface area contributed by atoms with Gasteiger partial charge < -0.3 is 5.11 Å². The van der Waals surface area contributed by atoms with E-state index in [0.29, 0.717) is 5.56 Å². The highest BCUT2D eigenvalue weighted by Crippen LogP contribution is 2.36. The Bertz CT molecular complexity index is 1970. The molecule has 0 saturated heterocycles. The monoisotopic (exact) mass is 612 g/mol. The lowest BCUT2D eigenvalue weighted by molar-refractivity contribution is -0.121. The fourth-order valence-corrected chi connectivity index (χ4v) is 6.45. The maximum Gasteiger partial charge on any atom is 0.193 e. The van der Waals surface area contributed by atoms with E-state index < -0.39 is 64.5 Å². The summed E-state index contributed by atoms with van der Waals surface area (Å²) in [6.45, 7) is 7.29. The third kappa shape index (κ3) is 5.07. The second-order valence-electron chi connectivity index (χ2n) is 12.4. The van der Waals surface area contributed by atoms with Crippen molar-refractivity contribution in [3.8, 4) is 0 Å². The molecule has 0 aliphatic heterocycles. The summed E-state index contributed by atoms with van der Waals surface area (Å²) < 4.78 is 0. The second kappa shape index (κ2) is 11.7. The molecule has 4 aromatic rings. The predicted octanol–water partition coefficient (Wildman–Crippen LogP) is 6.06. The minimum atomic E-state index is -1.48. The van der Waals surface area contributed by atoms with Gasteiger partial charge in [-0.2, -0.15) is 0 Å². The van der Waals surface area contributed by atoms with Gasteiger partial charge in [-0.1, -0.05) is 85.6 Å². The number of rotatable bonds is 8. The van der Waals surface area contributed by atoms with Crippen molar-refractivity contribution in [2.75, 3.05) is 0 Å². The van der Waals surface area contributed by atoms with E-state index in [0.717, 1.165) is 16.7 Å². The number of ketones is 6. The Hall–Kier alpha value is -5.14. The first kappa shape index (κ1) is 30.9. The molecule has 0 heterocycles. The first-order chi connectivity index (χ1) is 21.9. The van der Waals surface area contributed by atoms with Gasteiger partial charge in [0.25, 0.3) is 0 Å². The second-order valence-corrected chi connectivity index (χ2v) is 12.4. The topological polar surface area (TPSA) is 123 Å². The summed E-state index contributed by atoms with van der Waals surface area (Å²) in [5.74, 6) is -7.25. The van der Waals surface area contributed by atoms with Crippen LogP contribution in [0, 0.1) is 25.7 Å². The molecule has 0 aromatic heterocycles. The number of hydrogen-bond acceptors (Lipinski definition) is 7. The van der Waals surface area contributed by atoms with Crippen molar-refractivity contribution >= 4 is 34.7 Å². The van der Waals surface area contributed by atoms with Crippen molar-refractivity contribution in [3.63, 3.8) is 0 Å². The van der Waals surface area contributed by atoms with E-state index >= 15 is 0 Å². The summed E-state index contributed by atoms with van der Waals surface area (Å²) in [7, 11) is 0. The van der Waals surface area contributed by atoms with E-state index in [1.54, 1.807) is 26.0 Å². The molecule has 0 fully saturated rings. The molecule has 7 nitrogen and oxygen atoms in total. The molecule has 1 N–H and O–H groups in total. The first-order valence-corrected chi connectivity index (χ1v) is 15.2. The number of aryl methyl sites for hydroxylation is 2. The minimum Gasteiger partial charge on any atom is -0.391 e. The van der Waals surface area contributed by atoms with E-state index in [-0.39, 0.29) is 33.4 Å². The Morgan fingerprint density at radius 2 is 1.02 bits per heavy atom. The molecule has 230 valence electrons. The number of fused-ring (bicyclic) bond motifs is 2. The number of Topliss-reactive ketones (excluding diaryl/α,β-unsaturated/α-hetero) is 5. The highest BCUT2D eigenvalue weighted by Gasteiger charge is 2.46. The Kier molecular flexibility index (Phi) is 7.82. The van der Waals surface area contributed by atoms with Crippen molar-refractivity contribution in [2.45, 2.75) is 45.6 Å². The van der Waals surface area contributed by atoms with Crippen molar-refractivity contribution in [3.05, 3.63) is 141 Å². The van der Waals surface area contributed by atoms with Gasteiger partial charge in [0.1, 0.15) is 11.8 Å². The molecule has 46 heavy (non-hydrogen) atoms. The van der Waals surface area contributed by atoms with Crippen LogP contribution in [0.25, 0.3) is 0 Å². The van der Waals surface area contributed by atoms with Gasteiger partial charge in [0.2, 0.25) is 0 Å². The summed E-state index contributed by atoms with van der Waals surface area (Å²) in [4.78, 5) is 80.3. The van der Waals surface area contributed by atoms with Crippen LogP contribution in [0.15, 0.2) is 84.9 Å². The van der Waals surface area contributed by atoms with Crippen LogP contribution in [0.1, 0.15) is 105 Å². The molecule has 0 saturated carbocycles. The normalized spacial score (nSPS) is 19.1. The van der Waals surface area contributed by atoms with Gasteiger partial charge in [-0.15, -0.1) is 0 Å². The molecule has 0 bridgehead atoms. The Labute approximate surface area is 266 Å². The van der Waals surface area contributed by atoms with Crippen molar-refractivity contribution in [1.29, 1.82) is 0 Å². The zero-order chi connectivity index (χ0) is 33.0. The lowest BCUT2D eigenvalue weighted by Gasteiger charge is -2.23. The average Bonchev–Trinajstić information content (AvgIpc) is 3.46. The molecule has 0 spiro atoms. The van der Waals surface area contributed by atoms with Crippen LogP contribution < -0.4 is 0 Å². The maximum atomic E-state index is 13.6. The van der Waals surface area contributed by atoms with Gasteiger partial charge in [-0.3, -0.25) is 28.8 Å². The lowest BCUT2D eigenvalue weighted by atomic mass is 9.84. The highest BCUT2D eigenvalue weighted by molar-refractivity contribution is 6.36. The van der Waals surface area contributed by atoms with Gasteiger partial charge >= 0.3 is 0 Å². The van der Waals surface area contributed by atoms with Crippen LogP contribution in [-0.2, 0) is 4.79 Å². The van der Waals surface area contributed by atoms with Gasteiger partial charge in [-0.05, 0) is 49.2 Å². The number of carbonyl (C=O) groups excluding carboxylic acids is 6. The minimum absolute atomic E-state index is 0.00556. The van der Waals surface area contributed by atoms with E-state index in [2.05, 4.69) is 0 Å². The van der Waals surface area contributed by atoms with Gasteiger partial charge in [0.15, 0.2) is 34.7 Å². The molecule has 2 aliphatic carbocycles. The largest absolute Gasteiger partial charge is 0.391 e. The molecule has 6 rings (SSSR count). The Balaban J connectivity index is 1.23. The summed E-state index contributed by atoms with van der Waals surface area (Å²) in [5.41, 5.74) is 4.06. The fraction of sp³-hybridized carbons (Fsp3) is 0.231. The summed E-state index contributed by atoms with van der Waals surface area (Å²) in [6.07, 6.45) is -1.26. The number of carbonyl (C=O) groups is 6. The van der Waals surface area contributed by atoms with Crippen LogP contribution in [0.3, 0.4) is 0 Å². The maximum absolute atomic E-state index is 13.6. The summed E-state index contributed by atoms with van der Waals surface area (Å²) in [6, 6.07) is 23.1. The molecule has 2 aliphatic rings. The van der Waals surface area contributed by atoms with Crippen LogP contribution in [0.2, 0.25) is 0 Å². The standard InChI is InChI=1S/C39H32O7/c1-19-5-9-23(10-6-19)21(3)33(40)31-36(43)27-15-13-25(17-29(27)38(31)45)35(42)26-14-16-28-30(18-26)39(46)32(37(28)44)34(41)22(4)24-11-7-20(2)8-12-24/h5-18,21-22,31-33,40H,1-4H3. The van der Waals surface area contributed by atoms with Crippen molar-refractivity contribution in [1.82, 2.24) is 0 Å². The van der Waals surface area contributed by atoms with Crippen molar-refractivity contribution < 1.29 is 33.9 Å². The SMILES string of the molecule is Cc1ccc(C(C)C(=O)C2C(=O)c3ccc(C(=O)c4ccc5c(c4)C(=O)C(C(O)C(C)c4ccc(C)cc4)C5=O)cc3C2=O)cc1. The van der Waals surface area contributed by atoms with Crippen LogP contribution in [-0.4, -0.2) is 45.9 Å². The van der Waals surface area contributed by atoms with Crippen LogP contribution >= 0.6 is 0 Å². The van der Waals surface area contributed by atoms with E-state index in [1.807, 2.05) is 50.2 Å². The van der Waals surface area contributed by atoms with E-state index in [9.17, 15) is 33.9 Å². The lowest BCUT2D eigenvalue weighted by Crippen LogP contribution is -2.33. The molecule has 0 radical (unpaired) electrons. The summed E-state index contributed by atoms with van der Waals surface area (Å²) in [5, 5.41) is 11.1. The Morgan fingerprint density at radius 1 is 0.587 bits per heavy atom. The quantitative estimate of drug-likeness (QED) is 0.190. The average molecular weight is 613 g/mol. The number of hydrogen-bond donors (Lipinski definition) is 1. The number of aliphatic hydroxyl groups is 1. The molecule has 4 aromatic carbocycles. The molecular weight excluding hydrogens is 580 g/mol. The third-order valence-corrected chi connectivity index (χ3v) is 9.46. The van der Waals surface area contributed by atoms with Gasteiger partial charge in [0, 0.05) is 45.2 Å². The molecule has 5 atom stereocenters. The molecule has 0 amide bonds.